The number of rotatable bonds is 4. The van der Waals surface area contributed by atoms with Gasteiger partial charge in [-0.1, -0.05) is 0 Å². The van der Waals surface area contributed by atoms with Crippen molar-refractivity contribution in [3.05, 3.63) is 0 Å². The summed E-state index contributed by atoms with van der Waals surface area (Å²) >= 11 is 0. The van der Waals surface area contributed by atoms with Gasteiger partial charge in [-0.05, 0) is 32.2 Å². The van der Waals surface area contributed by atoms with Crippen LogP contribution in [0.25, 0.3) is 0 Å². The number of fused-ring (bicyclic) bond motifs is 1. The van der Waals surface area contributed by atoms with Gasteiger partial charge >= 0.3 is 6.01 Å². The van der Waals surface area contributed by atoms with Crippen molar-refractivity contribution in [3.8, 4) is 6.01 Å². The maximum absolute atomic E-state index is 5.11. The highest BCUT2D eigenvalue weighted by Crippen LogP contribution is 2.28. The SMILES string of the molecule is CNc1nc(NC2CCN3CCCC3C2)nc(OC)n1. The predicted octanol–water partition coefficient (Wildman–Crippen LogP) is 0.961. The fourth-order valence-corrected chi connectivity index (χ4v) is 3.16. The van der Waals surface area contributed by atoms with Crippen LogP contribution in [0.15, 0.2) is 0 Å². The largest absolute Gasteiger partial charge is 0.467 e. The first-order valence-corrected chi connectivity index (χ1v) is 7.27. The molecule has 2 aliphatic heterocycles. The van der Waals surface area contributed by atoms with Crippen molar-refractivity contribution in [2.45, 2.75) is 37.8 Å². The Balaban J connectivity index is 1.68. The van der Waals surface area contributed by atoms with Gasteiger partial charge in [0, 0.05) is 25.7 Å². The molecule has 0 spiro atoms. The van der Waals surface area contributed by atoms with E-state index in [-0.39, 0.29) is 0 Å². The molecule has 2 aliphatic rings. The molecule has 7 nitrogen and oxygen atoms in total. The first-order chi connectivity index (χ1) is 9.78. The van der Waals surface area contributed by atoms with E-state index in [1.165, 1.54) is 32.4 Å². The van der Waals surface area contributed by atoms with E-state index in [4.69, 9.17) is 4.74 Å². The number of hydrogen-bond acceptors (Lipinski definition) is 7. The molecule has 0 aromatic carbocycles. The third-order valence-electron chi connectivity index (χ3n) is 4.17. The van der Waals surface area contributed by atoms with Crippen molar-refractivity contribution < 1.29 is 4.74 Å². The van der Waals surface area contributed by atoms with Crippen LogP contribution in [0.1, 0.15) is 25.7 Å². The maximum atomic E-state index is 5.11. The van der Waals surface area contributed by atoms with E-state index >= 15 is 0 Å². The van der Waals surface area contributed by atoms with Gasteiger partial charge in [0.15, 0.2) is 0 Å². The number of methoxy groups -OCH3 is 1. The second-order valence-electron chi connectivity index (χ2n) is 5.42. The highest BCUT2D eigenvalue weighted by atomic mass is 16.5. The Morgan fingerprint density at radius 3 is 2.80 bits per heavy atom. The van der Waals surface area contributed by atoms with Crippen LogP contribution in [-0.2, 0) is 0 Å². The standard InChI is InChI=1S/C13H22N6O/c1-14-11-16-12(18-13(17-11)20-2)15-9-5-7-19-6-3-4-10(19)8-9/h9-10H,3-8H2,1-2H3,(H2,14,15,16,17,18). The molecule has 0 radical (unpaired) electrons. The van der Waals surface area contributed by atoms with Crippen LogP contribution < -0.4 is 15.4 Å². The number of hydrogen-bond donors (Lipinski definition) is 2. The lowest BCUT2D eigenvalue weighted by Crippen LogP contribution is -2.43. The molecule has 0 saturated carbocycles. The maximum Gasteiger partial charge on any atom is 0.322 e. The molecule has 2 N–H and O–H groups in total. The summed E-state index contributed by atoms with van der Waals surface area (Å²) in [6, 6.07) is 1.50. The lowest BCUT2D eigenvalue weighted by atomic mass is 9.98. The van der Waals surface area contributed by atoms with E-state index < -0.39 is 0 Å². The van der Waals surface area contributed by atoms with E-state index in [1.54, 1.807) is 14.2 Å². The van der Waals surface area contributed by atoms with Gasteiger partial charge in [0.1, 0.15) is 0 Å². The third kappa shape index (κ3) is 2.77. The first-order valence-electron chi connectivity index (χ1n) is 7.27. The lowest BCUT2D eigenvalue weighted by molar-refractivity contribution is 0.187. The average molecular weight is 278 g/mol. The summed E-state index contributed by atoms with van der Waals surface area (Å²) in [5, 5.41) is 6.36. The smallest absolute Gasteiger partial charge is 0.322 e. The average Bonchev–Trinajstić information content (AvgIpc) is 2.94. The molecule has 0 amide bonds. The minimum absolute atomic E-state index is 0.338. The van der Waals surface area contributed by atoms with Crippen LogP contribution in [-0.4, -0.2) is 59.2 Å². The van der Waals surface area contributed by atoms with Crippen LogP contribution >= 0.6 is 0 Å². The van der Waals surface area contributed by atoms with Crippen molar-refractivity contribution in [3.63, 3.8) is 0 Å². The molecule has 1 aromatic rings. The Hall–Kier alpha value is -1.63. The number of piperidine rings is 1. The molecular formula is C13H22N6O. The number of anilines is 2. The molecule has 2 saturated heterocycles. The number of ether oxygens (including phenoxy) is 1. The minimum Gasteiger partial charge on any atom is -0.467 e. The van der Waals surface area contributed by atoms with E-state index in [2.05, 4.69) is 30.5 Å². The van der Waals surface area contributed by atoms with Crippen molar-refractivity contribution >= 4 is 11.9 Å². The summed E-state index contributed by atoms with van der Waals surface area (Å²) in [6.07, 6.45) is 4.96. The topological polar surface area (TPSA) is 75.2 Å². The lowest BCUT2D eigenvalue weighted by Gasteiger charge is -2.35. The van der Waals surface area contributed by atoms with Gasteiger partial charge in [-0.3, -0.25) is 0 Å². The van der Waals surface area contributed by atoms with Crippen LogP contribution in [0, 0.1) is 0 Å². The predicted molar refractivity (Wildman–Crippen MR) is 77.2 cm³/mol. The summed E-state index contributed by atoms with van der Waals surface area (Å²) in [5.74, 6) is 1.12. The molecule has 0 bridgehead atoms. The zero-order valence-corrected chi connectivity index (χ0v) is 12.1. The third-order valence-corrected chi connectivity index (χ3v) is 4.17. The van der Waals surface area contributed by atoms with Crippen LogP contribution in [0.4, 0.5) is 11.9 Å². The number of nitrogens with one attached hydrogen (secondary N) is 2. The van der Waals surface area contributed by atoms with E-state index in [0.29, 0.717) is 23.9 Å². The molecule has 2 fully saturated rings. The monoisotopic (exact) mass is 278 g/mol. The summed E-state index contributed by atoms with van der Waals surface area (Å²) in [7, 11) is 3.35. The van der Waals surface area contributed by atoms with E-state index in [9.17, 15) is 0 Å². The van der Waals surface area contributed by atoms with Crippen LogP contribution in [0.5, 0.6) is 6.01 Å². The summed E-state index contributed by atoms with van der Waals surface area (Å²) in [6.45, 7) is 2.43. The Morgan fingerprint density at radius 2 is 2.00 bits per heavy atom. The highest BCUT2D eigenvalue weighted by molar-refractivity contribution is 5.36. The molecule has 1 aromatic heterocycles. The van der Waals surface area contributed by atoms with Crippen molar-refractivity contribution in [1.82, 2.24) is 19.9 Å². The molecule has 0 aliphatic carbocycles. The van der Waals surface area contributed by atoms with E-state index in [1.807, 2.05) is 0 Å². The second kappa shape index (κ2) is 5.78. The fourth-order valence-electron chi connectivity index (χ4n) is 3.16. The van der Waals surface area contributed by atoms with Gasteiger partial charge in [0.2, 0.25) is 11.9 Å². The van der Waals surface area contributed by atoms with Gasteiger partial charge in [-0.15, -0.1) is 0 Å². The minimum atomic E-state index is 0.338. The van der Waals surface area contributed by atoms with Gasteiger partial charge in [-0.2, -0.15) is 15.0 Å². The second-order valence-corrected chi connectivity index (χ2v) is 5.42. The fraction of sp³-hybridized carbons (Fsp3) is 0.769. The quantitative estimate of drug-likeness (QED) is 0.849. The normalized spacial score (nSPS) is 26.1. The molecular weight excluding hydrogens is 256 g/mol. The van der Waals surface area contributed by atoms with Gasteiger partial charge in [0.05, 0.1) is 7.11 Å². The summed E-state index contributed by atoms with van der Waals surface area (Å²) < 4.78 is 5.11. The van der Waals surface area contributed by atoms with Crippen LogP contribution in [0.2, 0.25) is 0 Å². The van der Waals surface area contributed by atoms with Gasteiger partial charge in [-0.25, -0.2) is 0 Å². The Morgan fingerprint density at radius 1 is 1.15 bits per heavy atom. The zero-order chi connectivity index (χ0) is 13.9. The Bertz CT molecular complexity index is 446. The molecule has 3 heterocycles. The molecule has 110 valence electrons. The van der Waals surface area contributed by atoms with Gasteiger partial charge in [0.25, 0.3) is 0 Å². The zero-order valence-electron chi connectivity index (χ0n) is 12.1. The van der Waals surface area contributed by atoms with Gasteiger partial charge < -0.3 is 20.3 Å². The number of nitrogens with zero attached hydrogens (tertiary/aromatic N) is 4. The van der Waals surface area contributed by atoms with E-state index in [0.717, 1.165) is 12.5 Å². The van der Waals surface area contributed by atoms with Crippen molar-refractivity contribution in [2.75, 3.05) is 37.9 Å². The highest BCUT2D eigenvalue weighted by Gasteiger charge is 2.31. The molecule has 2 unspecified atom stereocenters. The van der Waals surface area contributed by atoms with Crippen molar-refractivity contribution in [1.29, 1.82) is 0 Å². The molecule has 20 heavy (non-hydrogen) atoms. The summed E-state index contributed by atoms with van der Waals surface area (Å²) in [4.78, 5) is 15.3. The first kappa shape index (κ1) is 13.4. The Kier molecular flexibility index (Phi) is 3.86. The Labute approximate surface area is 119 Å². The molecule has 2 atom stereocenters. The number of aromatic nitrogens is 3. The summed E-state index contributed by atoms with van der Waals surface area (Å²) in [5.41, 5.74) is 0. The van der Waals surface area contributed by atoms with Crippen molar-refractivity contribution in [2.24, 2.45) is 0 Å². The molecule has 7 heteroatoms. The van der Waals surface area contributed by atoms with Crippen LogP contribution in [0.3, 0.4) is 0 Å². The molecule has 3 rings (SSSR count).